The van der Waals surface area contributed by atoms with Gasteiger partial charge in [-0.15, -0.1) is 24.0 Å². The van der Waals surface area contributed by atoms with E-state index in [1.165, 1.54) is 0 Å². The first-order valence-electron chi connectivity index (χ1n) is 10.8. The van der Waals surface area contributed by atoms with Gasteiger partial charge >= 0.3 is 6.09 Å². The van der Waals surface area contributed by atoms with Gasteiger partial charge in [0.2, 0.25) is 0 Å². The van der Waals surface area contributed by atoms with Gasteiger partial charge in [0.15, 0.2) is 5.96 Å². The van der Waals surface area contributed by atoms with Gasteiger partial charge in [0, 0.05) is 32.7 Å². The van der Waals surface area contributed by atoms with Crippen LogP contribution in [0.2, 0.25) is 0 Å². The van der Waals surface area contributed by atoms with Crippen LogP contribution in [0.5, 0.6) is 0 Å². The zero-order chi connectivity index (χ0) is 23.5. The summed E-state index contributed by atoms with van der Waals surface area (Å²) in [5, 5.41) is 12.3. The minimum atomic E-state index is -0.544. The zero-order valence-corrected chi connectivity index (χ0v) is 22.8. The predicted octanol–water partition coefficient (Wildman–Crippen LogP) is 3.46. The quantitative estimate of drug-likeness (QED) is 0.210. The van der Waals surface area contributed by atoms with Gasteiger partial charge in [0.1, 0.15) is 5.60 Å². The molecule has 1 aromatic carbocycles. The Labute approximate surface area is 209 Å². The molecule has 1 aromatic rings. The van der Waals surface area contributed by atoms with Crippen molar-refractivity contribution in [1.82, 2.24) is 21.3 Å². The van der Waals surface area contributed by atoms with Crippen LogP contribution in [0.15, 0.2) is 29.3 Å². The molecule has 0 heterocycles. The summed E-state index contributed by atoms with van der Waals surface area (Å²) < 4.78 is 5.43. The largest absolute Gasteiger partial charge is 0.444 e. The molecule has 0 aliphatic heterocycles. The summed E-state index contributed by atoms with van der Waals surface area (Å²) >= 11 is 0. The normalized spacial score (nSPS) is 11.8. The Hall–Kier alpha value is -2.04. The molecule has 0 spiro atoms. The molecule has 0 atom stereocenters. The van der Waals surface area contributed by atoms with E-state index in [2.05, 4.69) is 26.3 Å². The first kappa shape index (κ1) is 30.0. The fourth-order valence-corrected chi connectivity index (χ4v) is 3.05. The summed E-state index contributed by atoms with van der Waals surface area (Å²) in [6.07, 6.45) is 1.82. The van der Waals surface area contributed by atoms with E-state index in [0.29, 0.717) is 24.6 Å². The average molecular weight is 562 g/mol. The number of carbonyl (C=O) groups excluding carboxylic acids is 2. The zero-order valence-electron chi connectivity index (χ0n) is 20.4. The number of benzene rings is 1. The Bertz CT molecular complexity index is 758. The van der Waals surface area contributed by atoms with Crippen LogP contribution < -0.4 is 21.3 Å². The number of hydrogen-bond donors (Lipinski definition) is 4. The average Bonchev–Trinajstić information content (AvgIpc) is 2.73. The van der Waals surface area contributed by atoms with Crippen molar-refractivity contribution in [2.75, 3.05) is 27.2 Å². The number of halogens is 1. The molecule has 0 unspecified atom stereocenters. The lowest BCUT2D eigenvalue weighted by molar-refractivity contribution is 0.0448. The molecule has 8 nitrogen and oxygen atoms in total. The highest BCUT2D eigenvalue weighted by molar-refractivity contribution is 14.0. The van der Waals surface area contributed by atoms with E-state index in [4.69, 9.17) is 4.74 Å². The number of carbonyl (C=O) groups is 2. The van der Waals surface area contributed by atoms with E-state index in [1.54, 1.807) is 20.2 Å². The van der Waals surface area contributed by atoms with Gasteiger partial charge in [-0.3, -0.25) is 9.79 Å². The van der Waals surface area contributed by atoms with Gasteiger partial charge in [-0.2, -0.15) is 0 Å². The summed E-state index contributed by atoms with van der Waals surface area (Å²) in [5.41, 5.74) is 0.720. The molecule has 0 saturated carbocycles. The number of amides is 2. The molecule has 0 bridgehead atoms. The number of alkyl carbamates (subject to hydrolysis) is 1. The van der Waals surface area contributed by atoms with Gasteiger partial charge in [-0.1, -0.05) is 26.0 Å². The minimum absolute atomic E-state index is 0. The van der Waals surface area contributed by atoms with Crippen molar-refractivity contribution < 1.29 is 14.3 Å². The number of rotatable bonds is 9. The minimum Gasteiger partial charge on any atom is -0.444 e. The third-order valence-corrected chi connectivity index (χ3v) is 5.06. The highest BCUT2D eigenvalue weighted by Gasteiger charge is 2.30. The van der Waals surface area contributed by atoms with Gasteiger partial charge in [-0.05, 0) is 57.7 Å². The maximum absolute atomic E-state index is 12.3. The molecule has 0 aliphatic carbocycles. The van der Waals surface area contributed by atoms with Crippen LogP contribution >= 0.6 is 24.0 Å². The second-order valence-corrected chi connectivity index (χ2v) is 8.50. The number of guanidine groups is 1. The Kier molecular flexibility index (Phi) is 13.3. The van der Waals surface area contributed by atoms with E-state index in [0.717, 1.165) is 24.8 Å². The van der Waals surface area contributed by atoms with Crippen molar-refractivity contribution in [2.24, 2.45) is 4.99 Å². The molecule has 1 rings (SSSR count). The third kappa shape index (κ3) is 10.5. The van der Waals surface area contributed by atoms with Gasteiger partial charge < -0.3 is 26.0 Å². The maximum Gasteiger partial charge on any atom is 0.408 e. The van der Waals surface area contributed by atoms with Crippen LogP contribution in [-0.4, -0.2) is 56.3 Å². The van der Waals surface area contributed by atoms with E-state index in [-0.39, 0.29) is 29.9 Å². The Balaban J connectivity index is 0.00000961. The summed E-state index contributed by atoms with van der Waals surface area (Å²) in [7, 11) is 3.33. The van der Waals surface area contributed by atoms with E-state index in [1.807, 2.05) is 52.8 Å². The Morgan fingerprint density at radius 3 is 2.28 bits per heavy atom. The summed E-state index contributed by atoms with van der Waals surface area (Å²) in [6, 6.07) is 7.56. The van der Waals surface area contributed by atoms with Gasteiger partial charge in [0.25, 0.3) is 5.91 Å². The number of nitrogens with one attached hydrogen (secondary N) is 4. The van der Waals surface area contributed by atoms with Crippen molar-refractivity contribution in [2.45, 2.75) is 65.0 Å². The van der Waals surface area contributed by atoms with Crippen LogP contribution in [0.4, 0.5) is 4.79 Å². The van der Waals surface area contributed by atoms with Crippen molar-refractivity contribution in [3.05, 3.63) is 35.4 Å². The lowest BCUT2D eigenvalue weighted by Gasteiger charge is -2.34. The third-order valence-electron chi connectivity index (χ3n) is 5.06. The van der Waals surface area contributed by atoms with E-state index >= 15 is 0 Å². The first-order chi connectivity index (χ1) is 14.6. The molecule has 182 valence electrons. The Morgan fingerprint density at radius 2 is 1.75 bits per heavy atom. The highest BCUT2D eigenvalue weighted by Crippen LogP contribution is 2.16. The molecule has 32 heavy (non-hydrogen) atoms. The van der Waals surface area contributed by atoms with Crippen molar-refractivity contribution in [1.29, 1.82) is 0 Å². The monoisotopic (exact) mass is 561 g/mol. The molecule has 0 aromatic heterocycles. The van der Waals surface area contributed by atoms with Crippen molar-refractivity contribution in [3.63, 3.8) is 0 Å². The summed E-state index contributed by atoms with van der Waals surface area (Å²) in [5.74, 6) is 0.556. The maximum atomic E-state index is 12.3. The second kappa shape index (κ2) is 14.2. The number of aliphatic imine (C=N–C) groups is 1. The fraction of sp³-hybridized carbons (Fsp3) is 0.609. The highest BCUT2D eigenvalue weighted by atomic mass is 127. The van der Waals surface area contributed by atoms with E-state index < -0.39 is 17.2 Å². The predicted molar refractivity (Wildman–Crippen MR) is 141 cm³/mol. The lowest BCUT2D eigenvalue weighted by atomic mass is 9.93. The SMILES string of the molecule is CCC(CC)(CNC(=NC)NCCc1cccc(C(=O)NC)c1)NC(=O)OC(C)(C)C.I. The molecule has 2 amide bonds. The first-order valence-corrected chi connectivity index (χ1v) is 10.8. The van der Waals surface area contributed by atoms with Crippen LogP contribution in [0.1, 0.15) is 63.4 Å². The number of nitrogens with zero attached hydrogens (tertiary/aromatic N) is 1. The number of hydrogen-bond acceptors (Lipinski definition) is 4. The van der Waals surface area contributed by atoms with Gasteiger partial charge in [0.05, 0.1) is 5.54 Å². The molecule has 0 aliphatic rings. The molecule has 4 N–H and O–H groups in total. The fourth-order valence-electron chi connectivity index (χ4n) is 3.05. The second-order valence-electron chi connectivity index (χ2n) is 8.50. The van der Waals surface area contributed by atoms with Gasteiger partial charge in [-0.25, -0.2) is 4.79 Å². The van der Waals surface area contributed by atoms with Crippen molar-refractivity contribution >= 4 is 41.9 Å². The summed E-state index contributed by atoms with van der Waals surface area (Å²) in [4.78, 5) is 28.4. The van der Waals surface area contributed by atoms with Crippen LogP contribution in [-0.2, 0) is 11.2 Å². The molecule has 9 heteroatoms. The van der Waals surface area contributed by atoms with Crippen molar-refractivity contribution in [3.8, 4) is 0 Å². The lowest BCUT2D eigenvalue weighted by Crippen LogP contribution is -2.57. The molecule has 0 saturated heterocycles. The molecule has 0 fully saturated rings. The van der Waals surface area contributed by atoms with Crippen LogP contribution in [0.3, 0.4) is 0 Å². The number of ether oxygens (including phenoxy) is 1. The van der Waals surface area contributed by atoms with Crippen LogP contribution in [0, 0.1) is 0 Å². The van der Waals surface area contributed by atoms with Crippen LogP contribution in [0.25, 0.3) is 0 Å². The standard InChI is InChI=1S/C23H39N5O3.HI/c1-8-23(9-2,28-21(30)31-22(3,4)5)16-27-20(25-7)26-14-13-17-11-10-12-18(15-17)19(29)24-6;/h10-12,15H,8-9,13-14,16H2,1-7H3,(H,24,29)(H,28,30)(H2,25,26,27);1H. The van der Waals surface area contributed by atoms with E-state index in [9.17, 15) is 9.59 Å². The topological polar surface area (TPSA) is 104 Å². The molecular weight excluding hydrogens is 521 g/mol. The smallest absolute Gasteiger partial charge is 0.408 e. The Morgan fingerprint density at radius 1 is 1.09 bits per heavy atom. The summed E-state index contributed by atoms with van der Waals surface area (Å²) in [6.45, 7) is 10.8. The molecular formula is C23H40IN5O3. The molecule has 0 radical (unpaired) electrons.